The molecule has 0 aliphatic rings. The highest BCUT2D eigenvalue weighted by Crippen LogP contribution is 2.32. The van der Waals surface area contributed by atoms with Crippen LogP contribution in [0.15, 0.2) is 47.2 Å². The first-order chi connectivity index (χ1) is 9.24. The van der Waals surface area contributed by atoms with E-state index in [2.05, 4.69) is 4.98 Å². The average Bonchev–Trinajstić information content (AvgIpc) is 3.09. The highest BCUT2D eigenvalue weighted by molar-refractivity contribution is 7.15. The Morgan fingerprint density at radius 3 is 2.58 bits per heavy atom. The lowest BCUT2D eigenvalue weighted by molar-refractivity contribution is 0.0697. The topological polar surface area (TPSA) is 50.2 Å². The van der Waals surface area contributed by atoms with Gasteiger partial charge in [0.1, 0.15) is 5.01 Å². The minimum Gasteiger partial charge on any atom is -0.478 e. The molecule has 0 saturated heterocycles. The molecule has 19 heavy (non-hydrogen) atoms. The maximum atomic E-state index is 10.9. The third-order valence-corrected chi connectivity index (χ3v) is 4.47. The number of nitrogens with zero attached hydrogens (tertiary/aromatic N) is 1. The van der Waals surface area contributed by atoms with Crippen LogP contribution in [0, 0.1) is 0 Å². The van der Waals surface area contributed by atoms with Gasteiger partial charge < -0.3 is 5.11 Å². The van der Waals surface area contributed by atoms with Crippen LogP contribution in [-0.4, -0.2) is 16.1 Å². The van der Waals surface area contributed by atoms with Crippen molar-refractivity contribution in [2.24, 2.45) is 0 Å². The second kappa shape index (κ2) is 4.95. The van der Waals surface area contributed by atoms with Crippen molar-refractivity contribution < 1.29 is 9.90 Å². The standard InChI is InChI=1S/C14H9NO2S2/c16-14(17)10-6-12(18-7-10)11-8-19-13(15-11)9-4-2-1-3-5-9/h1-8H,(H,16,17). The largest absolute Gasteiger partial charge is 0.478 e. The number of aromatic carboxylic acids is 1. The predicted octanol–water partition coefficient (Wildman–Crippen LogP) is 4.24. The van der Waals surface area contributed by atoms with E-state index in [1.807, 2.05) is 35.7 Å². The van der Waals surface area contributed by atoms with Gasteiger partial charge in [0.15, 0.2) is 0 Å². The number of carboxylic acid groups (broad SMARTS) is 1. The van der Waals surface area contributed by atoms with Crippen molar-refractivity contribution in [3.05, 3.63) is 52.7 Å². The zero-order valence-corrected chi connectivity index (χ0v) is 11.4. The molecule has 0 spiro atoms. The van der Waals surface area contributed by atoms with Gasteiger partial charge in [-0.15, -0.1) is 22.7 Å². The molecule has 0 bridgehead atoms. The summed E-state index contributed by atoms with van der Waals surface area (Å²) in [6.45, 7) is 0. The first-order valence-corrected chi connectivity index (χ1v) is 7.33. The maximum Gasteiger partial charge on any atom is 0.336 e. The number of hydrogen-bond acceptors (Lipinski definition) is 4. The van der Waals surface area contributed by atoms with E-state index >= 15 is 0 Å². The van der Waals surface area contributed by atoms with E-state index in [4.69, 9.17) is 5.11 Å². The minimum absolute atomic E-state index is 0.314. The SMILES string of the molecule is O=C(O)c1csc(-c2csc(-c3ccccc3)n2)c1. The molecular weight excluding hydrogens is 278 g/mol. The molecule has 3 aromatic rings. The molecule has 1 aromatic carbocycles. The molecule has 94 valence electrons. The quantitative estimate of drug-likeness (QED) is 0.784. The van der Waals surface area contributed by atoms with Crippen LogP contribution < -0.4 is 0 Å². The van der Waals surface area contributed by atoms with Crippen LogP contribution in [0.2, 0.25) is 0 Å². The number of thiophene rings is 1. The van der Waals surface area contributed by atoms with Crippen LogP contribution in [0.25, 0.3) is 21.1 Å². The molecule has 3 nitrogen and oxygen atoms in total. The van der Waals surface area contributed by atoms with Crippen molar-refractivity contribution in [2.45, 2.75) is 0 Å². The molecule has 0 fully saturated rings. The first kappa shape index (κ1) is 12.1. The van der Waals surface area contributed by atoms with E-state index in [0.29, 0.717) is 5.56 Å². The summed E-state index contributed by atoms with van der Waals surface area (Å²) in [5.74, 6) is -0.902. The van der Waals surface area contributed by atoms with Gasteiger partial charge in [-0.25, -0.2) is 9.78 Å². The van der Waals surface area contributed by atoms with Crippen LogP contribution >= 0.6 is 22.7 Å². The Labute approximate surface area is 117 Å². The lowest BCUT2D eigenvalue weighted by atomic mass is 10.2. The molecule has 5 heteroatoms. The number of hydrogen-bond donors (Lipinski definition) is 1. The number of carbonyl (C=O) groups is 1. The average molecular weight is 287 g/mol. The number of aromatic nitrogens is 1. The highest BCUT2D eigenvalue weighted by atomic mass is 32.1. The Morgan fingerprint density at radius 2 is 1.89 bits per heavy atom. The summed E-state index contributed by atoms with van der Waals surface area (Å²) in [4.78, 5) is 16.3. The Morgan fingerprint density at radius 1 is 1.11 bits per heavy atom. The molecule has 3 rings (SSSR count). The van der Waals surface area contributed by atoms with E-state index in [0.717, 1.165) is 21.1 Å². The number of benzene rings is 1. The fraction of sp³-hybridized carbons (Fsp3) is 0. The molecule has 1 N–H and O–H groups in total. The van der Waals surface area contributed by atoms with Crippen LogP contribution in [0.5, 0.6) is 0 Å². The number of rotatable bonds is 3. The fourth-order valence-corrected chi connectivity index (χ4v) is 3.43. The zero-order chi connectivity index (χ0) is 13.2. The molecule has 0 aliphatic carbocycles. The molecule has 0 amide bonds. The van der Waals surface area contributed by atoms with Crippen LogP contribution in [0.4, 0.5) is 0 Å². The smallest absolute Gasteiger partial charge is 0.336 e. The van der Waals surface area contributed by atoms with Crippen molar-refractivity contribution in [3.63, 3.8) is 0 Å². The normalized spacial score (nSPS) is 10.5. The summed E-state index contributed by atoms with van der Waals surface area (Å²) in [5.41, 5.74) is 2.23. The second-order valence-electron chi connectivity index (χ2n) is 3.91. The van der Waals surface area contributed by atoms with Gasteiger partial charge in [0, 0.05) is 16.3 Å². The summed E-state index contributed by atoms with van der Waals surface area (Å²) in [6.07, 6.45) is 0. The van der Waals surface area contributed by atoms with Gasteiger partial charge in [-0.1, -0.05) is 30.3 Å². The fourth-order valence-electron chi connectivity index (χ4n) is 1.68. The second-order valence-corrected chi connectivity index (χ2v) is 5.68. The first-order valence-electron chi connectivity index (χ1n) is 5.57. The molecule has 0 unspecified atom stereocenters. The Bertz CT molecular complexity index is 716. The van der Waals surface area contributed by atoms with Gasteiger partial charge in [-0.3, -0.25) is 0 Å². The van der Waals surface area contributed by atoms with E-state index in [1.54, 1.807) is 22.8 Å². The molecule has 0 radical (unpaired) electrons. The zero-order valence-electron chi connectivity index (χ0n) is 9.74. The van der Waals surface area contributed by atoms with Gasteiger partial charge in [-0.2, -0.15) is 0 Å². The van der Waals surface area contributed by atoms with Gasteiger partial charge in [-0.05, 0) is 6.07 Å². The van der Waals surface area contributed by atoms with E-state index < -0.39 is 5.97 Å². The van der Waals surface area contributed by atoms with Crippen LogP contribution in [-0.2, 0) is 0 Å². The van der Waals surface area contributed by atoms with Crippen molar-refractivity contribution in [2.75, 3.05) is 0 Å². The predicted molar refractivity (Wildman–Crippen MR) is 77.8 cm³/mol. The van der Waals surface area contributed by atoms with Gasteiger partial charge in [0.2, 0.25) is 0 Å². The monoisotopic (exact) mass is 287 g/mol. The molecule has 0 saturated carbocycles. The summed E-state index contributed by atoms with van der Waals surface area (Å²) in [6, 6.07) is 11.6. The number of thiazole rings is 1. The Kier molecular flexibility index (Phi) is 3.15. The lowest BCUT2D eigenvalue weighted by Crippen LogP contribution is -1.91. The van der Waals surface area contributed by atoms with Gasteiger partial charge in [0.25, 0.3) is 0 Å². The number of carboxylic acids is 1. The maximum absolute atomic E-state index is 10.9. The summed E-state index contributed by atoms with van der Waals surface area (Å²) in [5, 5.41) is 13.5. The molecule has 0 aliphatic heterocycles. The molecule has 2 aromatic heterocycles. The molecular formula is C14H9NO2S2. The van der Waals surface area contributed by atoms with Crippen molar-refractivity contribution >= 4 is 28.6 Å². The van der Waals surface area contributed by atoms with E-state index in [1.165, 1.54) is 11.3 Å². The lowest BCUT2D eigenvalue weighted by Gasteiger charge is -1.93. The molecule has 2 heterocycles. The highest BCUT2D eigenvalue weighted by Gasteiger charge is 2.11. The summed E-state index contributed by atoms with van der Waals surface area (Å²) >= 11 is 2.97. The third kappa shape index (κ3) is 2.43. The third-order valence-electron chi connectivity index (χ3n) is 2.62. The van der Waals surface area contributed by atoms with Crippen LogP contribution in [0.3, 0.4) is 0 Å². The van der Waals surface area contributed by atoms with Gasteiger partial charge >= 0.3 is 5.97 Å². The van der Waals surface area contributed by atoms with Crippen molar-refractivity contribution in [1.82, 2.24) is 4.98 Å². The Balaban J connectivity index is 1.94. The summed E-state index contributed by atoms with van der Waals surface area (Å²) in [7, 11) is 0. The molecule has 0 atom stereocenters. The Hall–Kier alpha value is -1.98. The minimum atomic E-state index is -0.902. The van der Waals surface area contributed by atoms with Crippen LogP contribution in [0.1, 0.15) is 10.4 Å². The van der Waals surface area contributed by atoms with E-state index in [9.17, 15) is 4.79 Å². The van der Waals surface area contributed by atoms with Crippen molar-refractivity contribution in [1.29, 1.82) is 0 Å². The summed E-state index contributed by atoms with van der Waals surface area (Å²) < 4.78 is 0. The van der Waals surface area contributed by atoms with Crippen molar-refractivity contribution in [3.8, 4) is 21.1 Å². The van der Waals surface area contributed by atoms with E-state index in [-0.39, 0.29) is 0 Å². The van der Waals surface area contributed by atoms with Gasteiger partial charge in [0.05, 0.1) is 16.1 Å².